The van der Waals surface area contributed by atoms with Gasteiger partial charge in [0.15, 0.2) is 15.7 Å². The van der Waals surface area contributed by atoms with Crippen molar-refractivity contribution in [2.45, 2.75) is 43.5 Å². The molecule has 126 valence electrons. The summed E-state index contributed by atoms with van der Waals surface area (Å²) in [6.07, 6.45) is 4.49. The zero-order chi connectivity index (χ0) is 16.7. The standard InChI is InChI=1S/C14H21N5O3S/c1-10-16-12(18-22-10)8-19-6-4-5-14(2,9-19)13-11(7-15-17-13)23(3,20)21/h7H,4-6,8-9H2,1-3H3,(H,15,17)/t14-/m0/s1. The molecule has 2 aromatic heterocycles. The number of H-pyrrole nitrogens is 1. The second-order valence-corrected chi connectivity index (χ2v) is 8.47. The fourth-order valence-corrected chi connectivity index (χ4v) is 4.18. The fraction of sp³-hybridized carbons (Fsp3) is 0.643. The molecular weight excluding hydrogens is 318 g/mol. The Kier molecular flexibility index (Phi) is 4.01. The topological polar surface area (TPSA) is 105 Å². The summed E-state index contributed by atoms with van der Waals surface area (Å²) in [5, 5.41) is 10.8. The van der Waals surface area contributed by atoms with E-state index in [1.807, 2.05) is 0 Å². The first-order chi connectivity index (χ1) is 10.8. The summed E-state index contributed by atoms with van der Waals surface area (Å²) < 4.78 is 28.9. The summed E-state index contributed by atoms with van der Waals surface area (Å²) in [6.45, 7) is 6.06. The maximum Gasteiger partial charge on any atom is 0.223 e. The second kappa shape index (κ2) is 5.72. The highest BCUT2D eigenvalue weighted by Gasteiger charge is 2.38. The van der Waals surface area contributed by atoms with E-state index in [0.717, 1.165) is 19.4 Å². The number of aromatic nitrogens is 4. The van der Waals surface area contributed by atoms with Crippen LogP contribution in [-0.2, 0) is 21.8 Å². The van der Waals surface area contributed by atoms with Crippen LogP contribution in [0.4, 0.5) is 0 Å². The van der Waals surface area contributed by atoms with Gasteiger partial charge in [-0.25, -0.2) is 8.42 Å². The predicted molar refractivity (Wildman–Crippen MR) is 82.6 cm³/mol. The van der Waals surface area contributed by atoms with Crippen LogP contribution in [0.15, 0.2) is 15.6 Å². The number of sulfone groups is 1. The number of aromatic amines is 1. The number of hydrogen-bond acceptors (Lipinski definition) is 7. The van der Waals surface area contributed by atoms with Crippen molar-refractivity contribution >= 4 is 9.84 Å². The van der Waals surface area contributed by atoms with Crippen LogP contribution in [0.25, 0.3) is 0 Å². The SMILES string of the molecule is Cc1nc(CN2CCC[C@](C)(c3[nH]ncc3S(C)(=O)=O)C2)no1. The molecule has 1 N–H and O–H groups in total. The Morgan fingerprint density at radius 2 is 2.26 bits per heavy atom. The van der Waals surface area contributed by atoms with Crippen LogP contribution in [0.5, 0.6) is 0 Å². The molecule has 1 saturated heterocycles. The van der Waals surface area contributed by atoms with Gasteiger partial charge in [-0.2, -0.15) is 10.1 Å². The van der Waals surface area contributed by atoms with Gasteiger partial charge in [-0.1, -0.05) is 12.1 Å². The molecule has 3 heterocycles. The molecule has 23 heavy (non-hydrogen) atoms. The Morgan fingerprint density at radius 1 is 1.48 bits per heavy atom. The summed E-state index contributed by atoms with van der Waals surface area (Å²) in [6, 6.07) is 0. The lowest BCUT2D eigenvalue weighted by atomic mass is 9.79. The largest absolute Gasteiger partial charge is 0.340 e. The van der Waals surface area contributed by atoms with Crippen molar-refractivity contribution in [1.82, 2.24) is 25.2 Å². The summed E-state index contributed by atoms with van der Waals surface area (Å²) in [5.41, 5.74) is 0.389. The molecule has 1 aliphatic heterocycles. The van der Waals surface area contributed by atoms with Crippen molar-refractivity contribution in [3.8, 4) is 0 Å². The van der Waals surface area contributed by atoms with Gasteiger partial charge in [0, 0.05) is 25.1 Å². The first kappa shape index (κ1) is 16.1. The quantitative estimate of drug-likeness (QED) is 0.888. The smallest absolute Gasteiger partial charge is 0.223 e. The van der Waals surface area contributed by atoms with Gasteiger partial charge in [-0.15, -0.1) is 0 Å². The zero-order valence-corrected chi connectivity index (χ0v) is 14.4. The Morgan fingerprint density at radius 3 is 2.91 bits per heavy atom. The number of rotatable bonds is 4. The number of piperidine rings is 1. The van der Waals surface area contributed by atoms with Gasteiger partial charge in [-0.05, 0) is 19.4 Å². The van der Waals surface area contributed by atoms with Crippen LogP contribution >= 0.6 is 0 Å². The van der Waals surface area contributed by atoms with Gasteiger partial charge in [0.1, 0.15) is 4.90 Å². The van der Waals surface area contributed by atoms with Crippen LogP contribution in [-0.4, -0.2) is 53.0 Å². The number of aryl methyl sites for hydroxylation is 1. The maximum absolute atomic E-state index is 12.0. The average Bonchev–Trinajstić information content (AvgIpc) is 3.07. The van der Waals surface area contributed by atoms with Gasteiger partial charge in [0.25, 0.3) is 0 Å². The first-order valence-corrected chi connectivity index (χ1v) is 9.42. The van der Waals surface area contributed by atoms with E-state index in [9.17, 15) is 8.42 Å². The van der Waals surface area contributed by atoms with Crippen LogP contribution in [0.3, 0.4) is 0 Å². The third-order valence-corrected chi connectivity index (χ3v) is 5.43. The van der Waals surface area contributed by atoms with E-state index in [4.69, 9.17) is 4.52 Å². The Bertz CT molecular complexity index is 797. The molecule has 0 radical (unpaired) electrons. The van der Waals surface area contributed by atoms with Gasteiger partial charge in [0.05, 0.1) is 18.4 Å². The molecule has 0 amide bonds. The lowest BCUT2D eigenvalue weighted by Gasteiger charge is -2.39. The van der Waals surface area contributed by atoms with Gasteiger partial charge >= 0.3 is 0 Å². The molecule has 0 aliphatic carbocycles. The minimum Gasteiger partial charge on any atom is -0.340 e. The molecule has 0 unspecified atom stereocenters. The normalized spacial score (nSPS) is 23.3. The van der Waals surface area contributed by atoms with Crippen molar-refractivity contribution < 1.29 is 12.9 Å². The number of hydrogen-bond donors (Lipinski definition) is 1. The van der Waals surface area contributed by atoms with Crippen LogP contribution in [0.1, 0.15) is 37.2 Å². The fourth-order valence-electron chi connectivity index (χ4n) is 3.28. The summed E-state index contributed by atoms with van der Waals surface area (Å²) >= 11 is 0. The summed E-state index contributed by atoms with van der Waals surface area (Å²) in [7, 11) is -3.30. The van der Waals surface area contributed by atoms with E-state index in [1.54, 1.807) is 6.92 Å². The highest BCUT2D eigenvalue weighted by Crippen LogP contribution is 2.36. The lowest BCUT2D eigenvalue weighted by molar-refractivity contribution is 0.141. The minimum atomic E-state index is -3.30. The first-order valence-electron chi connectivity index (χ1n) is 7.53. The van der Waals surface area contributed by atoms with Gasteiger partial charge < -0.3 is 4.52 Å². The number of nitrogens with zero attached hydrogens (tertiary/aromatic N) is 4. The molecule has 0 bridgehead atoms. The molecule has 1 fully saturated rings. The predicted octanol–water partition coefficient (Wildman–Crippen LogP) is 1.06. The molecule has 8 nitrogen and oxygen atoms in total. The Balaban J connectivity index is 1.83. The molecule has 9 heteroatoms. The highest BCUT2D eigenvalue weighted by atomic mass is 32.2. The van der Waals surface area contributed by atoms with Crippen molar-refractivity contribution in [3.05, 3.63) is 23.6 Å². The number of nitrogens with one attached hydrogen (secondary N) is 1. The second-order valence-electron chi connectivity index (χ2n) is 6.49. The van der Waals surface area contributed by atoms with Crippen LogP contribution < -0.4 is 0 Å². The van der Waals surface area contributed by atoms with E-state index in [1.165, 1.54) is 12.5 Å². The van der Waals surface area contributed by atoms with E-state index < -0.39 is 9.84 Å². The third-order valence-electron chi connectivity index (χ3n) is 4.32. The van der Waals surface area contributed by atoms with E-state index in [2.05, 4.69) is 32.2 Å². The summed E-state index contributed by atoms with van der Waals surface area (Å²) in [4.78, 5) is 6.75. The lowest BCUT2D eigenvalue weighted by Crippen LogP contribution is -2.44. The van der Waals surface area contributed by atoms with E-state index >= 15 is 0 Å². The van der Waals surface area contributed by atoms with Crippen LogP contribution in [0, 0.1) is 6.92 Å². The Labute approximate surface area is 135 Å². The summed E-state index contributed by atoms with van der Waals surface area (Å²) in [5.74, 6) is 1.20. The zero-order valence-electron chi connectivity index (χ0n) is 13.5. The monoisotopic (exact) mass is 339 g/mol. The molecule has 1 atom stereocenters. The molecule has 1 aliphatic rings. The van der Waals surface area contributed by atoms with Crippen molar-refractivity contribution in [1.29, 1.82) is 0 Å². The molecule has 2 aromatic rings. The van der Waals surface area contributed by atoms with Crippen molar-refractivity contribution in [2.75, 3.05) is 19.3 Å². The van der Waals surface area contributed by atoms with Crippen molar-refractivity contribution in [3.63, 3.8) is 0 Å². The molecule has 0 spiro atoms. The maximum atomic E-state index is 12.0. The van der Waals surface area contributed by atoms with E-state index in [-0.39, 0.29) is 10.3 Å². The number of likely N-dealkylation sites (tertiary alicyclic amines) is 1. The molecule has 0 aromatic carbocycles. The highest BCUT2D eigenvalue weighted by molar-refractivity contribution is 7.90. The minimum absolute atomic E-state index is 0.289. The van der Waals surface area contributed by atoms with Crippen LogP contribution in [0.2, 0.25) is 0 Å². The third kappa shape index (κ3) is 3.30. The van der Waals surface area contributed by atoms with Gasteiger partial charge in [0.2, 0.25) is 5.89 Å². The molecule has 3 rings (SSSR count). The Hall–Kier alpha value is -1.74. The van der Waals surface area contributed by atoms with Gasteiger partial charge in [-0.3, -0.25) is 10.00 Å². The van der Waals surface area contributed by atoms with Crippen molar-refractivity contribution in [2.24, 2.45) is 0 Å². The molecule has 0 saturated carbocycles. The average molecular weight is 339 g/mol. The molecular formula is C14H21N5O3S. The van der Waals surface area contributed by atoms with E-state index in [0.29, 0.717) is 30.5 Å².